The topological polar surface area (TPSA) is 26.3 Å². The minimum atomic E-state index is 0.586. The Kier molecular flexibility index (Phi) is 2.95. The molecule has 0 aliphatic rings. The van der Waals surface area contributed by atoms with Crippen LogP contribution in [-0.2, 0) is 0 Å². The summed E-state index contributed by atoms with van der Waals surface area (Å²) >= 11 is 0. The van der Waals surface area contributed by atoms with Gasteiger partial charge in [0, 0.05) is 0 Å². The molecular formula is C13H12BO2. The summed E-state index contributed by atoms with van der Waals surface area (Å²) in [5, 5.41) is 2.13. The van der Waals surface area contributed by atoms with Crippen LogP contribution in [-0.4, -0.2) is 20.7 Å². The molecule has 0 aliphatic heterocycles. The summed E-state index contributed by atoms with van der Waals surface area (Å²) in [4.78, 5) is 10.9. The second-order valence-corrected chi connectivity index (χ2v) is 3.61. The van der Waals surface area contributed by atoms with E-state index in [0.717, 1.165) is 22.5 Å². The summed E-state index contributed by atoms with van der Waals surface area (Å²) in [6.45, 7) is 1.99. The number of carbonyl (C=O) groups is 1. The van der Waals surface area contributed by atoms with Crippen LogP contribution in [0.3, 0.4) is 0 Å². The third kappa shape index (κ3) is 1.81. The van der Waals surface area contributed by atoms with Gasteiger partial charge in [0.15, 0.2) is 6.29 Å². The van der Waals surface area contributed by atoms with E-state index in [1.165, 1.54) is 0 Å². The Morgan fingerprint density at radius 1 is 1.19 bits per heavy atom. The van der Waals surface area contributed by atoms with Crippen molar-refractivity contribution in [1.29, 1.82) is 0 Å². The molecule has 0 fully saturated rings. The lowest BCUT2D eigenvalue weighted by Gasteiger charge is -2.07. The normalized spacial score (nSPS) is 10.1. The molecule has 0 heterocycles. The highest BCUT2D eigenvalue weighted by atomic mass is 16.5. The summed E-state index contributed by atoms with van der Waals surface area (Å²) in [5.41, 5.74) is 1.73. The average molecular weight is 211 g/mol. The van der Waals surface area contributed by atoms with Crippen LogP contribution in [0.4, 0.5) is 0 Å². The van der Waals surface area contributed by atoms with Crippen molar-refractivity contribution in [1.82, 2.24) is 0 Å². The zero-order valence-corrected chi connectivity index (χ0v) is 9.36. The third-order valence-electron chi connectivity index (χ3n) is 2.67. The van der Waals surface area contributed by atoms with Crippen molar-refractivity contribution in [2.24, 2.45) is 0 Å². The number of methoxy groups -OCH3 is 1. The van der Waals surface area contributed by atoms with E-state index in [0.29, 0.717) is 11.3 Å². The minimum absolute atomic E-state index is 0.586. The van der Waals surface area contributed by atoms with Crippen molar-refractivity contribution in [3.8, 4) is 5.75 Å². The smallest absolute Gasteiger partial charge is 0.153 e. The molecule has 2 aromatic carbocycles. The first-order chi connectivity index (χ1) is 7.78. The highest BCUT2D eigenvalue weighted by molar-refractivity contribution is 6.52. The molecule has 0 aromatic heterocycles. The second-order valence-electron chi connectivity index (χ2n) is 3.61. The number of aldehydes is 1. The maximum Gasteiger partial charge on any atom is 0.153 e. The van der Waals surface area contributed by atoms with Gasteiger partial charge in [0.2, 0.25) is 0 Å². The van der Waals surface area contributed by atoms with E-state index in [9.17, 15) is 4.79 Å². The van der Waals surface area contributed by atoms with Gasteiger partial charge < -0.3 is 4.74 Å². The molecule has 2 aromatic rings. The lowest BCUT2D eigenvalue weighted by Crippen LogP contribution is -2.09. The highest BCUT2D eigenvalue weighted by Gasteiger charge is 2.04. The van der Waals surface area contributed by atoms with Gasteiger partial charge in [0.25, 0.3) is 0 Å². The molecule has 0 saturated carbocycles. The van der Waals surface area contributed by atoms with E-state index < -0.39 is 0 Å². The van der Waals surface area contributed by atoms with E-state index >= 15 is 0 Å². The van der Waals surface area contributed by atoms with Crippen molar-refractivity contribution in [3.05, 3.63) is 35.9 Å². The zero-order chi connectivity index (χ0) is 11.5. The summed E-state index contributed by atoms with van der Waals surface area (Å²) in [6, 6.07) is 9.87. The average Bonchev–Trinajstić information content (AvgIpc) is 2.36. The molecule has 0 aliphatic carbocycles. The van der Waals surface area contributed by atoms with E-state index in [1.54, 1.807) is 7.11 Å². The molecule has 16 heavy (non-hydrogen) atoms. The van der Waals surface area contributed by atoms with Crippen LogP contribution in [0.15, 0.2) is 30.3 Å². The number of rotatable bonds is 3. The first-order valence-electron chi connectivity index (χ1n) is 5.15. The Labute approximate surface area is 95.5 Å². The van der Waals surface area contributed by atoms with Gasteiger partial charge in [-0.3, -0.25) is 4.79 Å². The summed E-state index contributed by atoms with van der Waals surface area (Å²) in [6.07, 6.45) is 0.820. The summed E-state index contributed by atoms with van der Waals surface area (Å²) in [7, 11) is 3.60. The van der Waals surface area contributed by atoms with Crippen molar-refractivity contribution < 1.29 is 9.53 Å². The van der Waals surface area contributed by atoms with Gasteiger partial charge in [-0.25, -0.2) is 0 Å². The monoisotopic (exact) mass is 211 g/mol. The maximum absolute atomic E-state index is 10.9. The van der Waals surface area contributed by atoms with Crippen LogP contribution < -0.4 is 10.2 Å². The molecule has 1 radical (unpaired) electrons. The SMILES string of the molecule is C[B]c1ccc2cc(OC)c(C=O)cc2c1. The third-order valence-corrected chi connectivity index (χ3v) is 2.67. The Hall–Kier alpha value is -1.77. The minimum Gasteiger partial charge on any atom is -0.496 e. The van der Waals surface area contributed by atoms with Crippen LogP contribution in [0, 0.1) is 0 Å². The van der Waals surface area contributed by atoms with Crippen LogP contribution in [0.2, 0.25) is 6.82 Å². The molecule has 3 heteroatoms. The molecule has 2 rings (SSSR count). The summed E-state index contributed by atoms with van der Waals surface area (Å²) < 4.78 is 5.16. The number of hydrogen-bond donors (Lipinski definition) is 0. The van der Waals surface area contributed by atoms with Crippen molar-refractivity contribution in [2.45, 2.75) is 6.82 Å². The molecule has 0 spiro atoms. The first-order valence-corrected chi connectivity index (χ1v) is 5.15. The molecular weight excluding hydrogens is 199 g/mol. The molecule has 0 saturated heterocycles. The van der Waals surface area contributed by atoms with E-state index in [4.69, 9.17) is 4.74 Å². The van der Waals surface area contributed by atoms with Crippen LogP contribution in [0.5, 0.6) is 5.75 Å². The molecule has 0 atom stereocenters. The van der Waals surface area contributed by atoms with Gasteiger partial charge in [0.05, 0.1) is 12.7 Å². The lowest BCUT2D eigenvalue weighted by molar-refractivity contribution is 0.112. The van der Waals surface area contributed by atoms with Gasteiger partial charge in [-0.05, 0) is 22.9 Å². The number of benzene rings is 2. The zero-order valence-electron chi connectivity index (χ0n) is 9.36. The van der Waals surface area contributed by atoms with E-state index in [-0.39, 0.29) is 0 Å². The van der Waals surface area contributed by atoms with Crippen LogP contribution in [0.1, 0.15) is 10.4 Å². The Morgan fingerprint density at radius 2 is 2.00 bits per heavy atom. The second kappa shape index (κ2) is 4.39. The van der Waals surface area contributed by atoms with E-state index in [1.807, 2.05) is 38.4 Å². The standard InChI is InChI=1S/C13H12BO2/c1-14-12-4-3-9-7-13(16-2)11(8-15)5-10(9)6-12/h3-8H,1-2H3. The lowest BCUT2D eigenvalue weighted by atomic mass is 9.73. The van der Waals surface area contributed by atoms with Gasteiger partial charge in [0.1, 0.15) is 13.0 Å². The Morgan fingerprint density at radius 3 is 2.62 bits per heavy atom. The molecule has 0 amide bonds. The highest BCUT2D eigenvalue weighted by Crippen LogP contribution is 2.23. The number of fused-ring (bicyclic) bond motifs is 1. The first kappa shape index (κ1) is 10.7. The largest absolute Gasteiger partial charge is 0.496 e. The number of ether oxygens (including phenoxy) is 1. The molecule has 0 unspecified atom stereocenters. The predicted molar refractivity (Wildman–Crippen MR) is 67.1 cm³/mol. The van der Waals surface area contributed by atoms with Crippen molar-refractivity contribution in [3.63, 3.8) is 0 Å². The van der Waals surface area contributed by atoms with Gasteiger partial charge in [-0.2, -0.15) is 0 Å². The fourth-order valence-corrected chi connectivity index (χ4v) is 1.76. The van der Waals surface area contributed by atoms with E-state index in [2.05, 4.69) is 6.07 Å². The van der Waals surface area contributed by atoms with Gasteiger partial charge in [-0.15, -0.1) is 0 Å². The fraction of sp³-hybridized carbons (Fsp3) is 0.154. The Balaban J connectivity index is 2.68. The van der Waals surface area contributed by atoms with Crippen LogP contribution in [0.25, 0.3) is 10.8 Å². The molecule has 79 valence electrons. The van der Waals surface area contributed by atoms with Crippen LogP contribution >= 0.6 is 0 Å². The molecule has 2 nitrogen and oxygen atoms in total. The van der Waals surface area contributed by atoms with Crippen molar-refractivity contribution in [2.75, 3.05) is 7.11 Å². The predicted octanol–water partition coefficient (Wildman–Crippen LogP) is 2.04. The fourth-order valence-electron chi connectivity index (χ4n) is 1.76. The number of carbonyl (C=O) groups excluding carboxylic acids is 1. The Bertz CT molecular complexity index is 535. The number of hydrogen-bond acceptors (Lipinski definition) is 2. The summed E-state index contributed by atoms with van der Waals surface area (Å²) in [5.74, 6) is 0.621. The van der Waals surface area contributed by atoms with Gasteiger partial charge >= 0.3 is 0 Å². The van der Waals surface area contributed by atoms with Gasteiger partial charge in [-0.1, -0.05) is 30.5 Å². The maximum atomic E-state index is 10.9. The van der Waals surface area contributed by atoms with Crippen molar-refractivity contribution >= 4 is 29.8 Å². The molecule has 0 N–H and O–H groups in total. The quantitative estimate of drug-likeness (QED) is 0.573. The molecule has 0 bridgehead atoms.